The zero-order valence-corrected chi connectivity index (χ0v) is 16.0. The Morgan fingerprint density at radius 1 is 1.34 bits per heavy atom. The normalized spacial score (nSPS) is 15.3. The van der Waals surface area contributed by atoms with Gasteiger partial charge in [-0.3, -0.25) is 4.79 Å². The Hall–Kier alpha value is -3.55. The molecule has 8 heteroatoms. The van der Waals surface area contributed by atoms with E-state index in [1.165, 1.54) is 5.56 Å². The van der Waals surface area contributed by atoms with Crippen molar-refractivity contribution < 1.29 is 14.6 Å². The third-order valence-corrected chi connectivity index (χ3v) is 5.23. The number of para-hydroxylation sites is 1. The molecule has 0 saturated carbocycles. The lowest BCUT2D eigenvalue weighted by Gasteiger charge is -2.19. The summed E-state index contributed by atoms with van der Waals surface area (Å²) in [5, 5.41) is 11.7. The number of anilines is 1. The van der Waals surface area contributed by atoms with Crippen LogP contribution in [0.3, 0.4) is 0 Å². The second kappa shape index (κ2) is 7.83. The number of carboxylic acid groups (broad SMARTS) is 1. The van der Waals surface area contributed by atoms with E-state index >= 15 is 0 Å². The van der Waals surface area contributed by atoms with Crippen molar-refractivity contribution >= 4 is 22.7 Å². The number of nitrogens with zero attached hydrogens (tertiary/aromatic N) is 2. The summed E-state index contributed by atoms with van der Waals surface area (Å²) >= 11 is 0. The Morgan fingerprint density at radius 2 is 2.17 bits per heavy atom. The number of H-pyrrole nitrogens is 1. The Balaban J connectivity index is 1.58. The molecule has 1 aromatic heterocycles. The molecule has 0 bridgehead atoms. The van der Waals surface area contributed by atoms with Crippen LogP contribution in [0.15, 0.2) is 47.3 Å². The number of nitrogens with one attached hydrogen (secondary N) is 2. The maximum absolute atomic E-state index is 12.5. The highest BCUT2D eigenvalue weighted by atomic mass is 16.5. The van der Waals surface area contributed by atoms with Gasteiger partial charge >= 0.3 is 6.09 Å². The van der Waals surface area contributed by atoms with Gasteiger partial charge in [0.25, 0.3) is 5.56 Å². The molecule has 1 aliphatic heterocycles. The molecule has 1 unspecified atom stereocenters. The largest absolute Gasteiger partial charge is 0.497 e. The number of hydrogen-bond donors (Lipinski definition) is 3. The molecule has 3 N–H and O–H groups in total. The number of methoxy groups -OCH3 is 1. The van der Waals surface area contributed by atoms with Crippen molar-refractivity contribution in [3.8, 4) is 5.75 Å². The van der Waals surface area contributed by atoms with Crippen molar-refractivity contribution in [3.63, 3.8) is 0 Å². The van der Waals surface area contributed by atoms with Gasteiger partial charge in [0.15, 0.2) is 0 Å². The van der Waals surface area contributed by atoms with Gasteiger partial charge in [-0.05, 0) is 36.2 Å². The van der Waals surface area contributed by atoms with Gasteiger partial charge in [0.1, 0.15) is 11.6 Å². The molecular weight excluding hydrogens is 372 g/mol. The monoisotopic (exact) mass is 394 g/mol. The van der Waals surface area contributed by atoms with Crippen LogP contribution in [-0.2, 0) is 6.54 Å². The van der Waals surface area contributed by atoms with E-state index in [4.69, 9.17) is 9.84 Å². The average Bonchev–Trinajstić information content (AvgIpc) is 3.05. The van der Waals surface area contributed by atoms with Crippen LogP contribution in [0.5, 0.6) is 5.75 Å². The van der Waals surface area contributed by atoms with Gasteiger partial charge in [0.05, 0.1) is 24.6 Å². The molecule has 0 fully saturated rings. The highest BCUT2D eigenvalue weighted by Crippen LogP contribution is 2.38. The smallest absolute Gasteiger partial charge is 0.404 e. The SMILES string of the molecule is COc1ccc2nc(CN3CC(CCNC(=O)O)c4ccccc43)[nH]c(=O)c2c1. The highest BCUT2D eigenvalue weighted by Gasteiger charge is 2.28. The van der Waals surface area contributed by atoms with Gasteiger partial charge in [-0.2, -0.15) is 0 Å². The molecule has 1 atom stereocenters. The van der Waals surface area contributed by atoms with Crippen LogP contribution in [0.25, 0.3) is 10.9 Å². The minimum absolute atomic E-state index is 0.196. The average molecular weight is 394 g/mol. The summed E-state index contributed by atoms with van der Waals surface area (Å²) in [5.74, 6) is 1.42. The van der Waals surface area contributed by atoms with Crippen molar-refractivity contribution in [2.24, 2.45) is 0 Å². The standard InChI is InChI=1S/C21H22N4O4/c1-29-14-6-7-17-16(10-14)20(26)24-19(23-17)12-25-11-13(8-9-22-21(27)28)15-4-2-3-5-18(15)25/h2-7,10,13,22H,8-9,11-12H2,1H3,(H,27,28)(H,23,24,26). The minimum atomic E-state index is -1.01. The van der Waals surface area contributed by atoms with Crippen molar-refractivity contribution in [1.82, 2.24) is 15.3 Å². The van der Waals surface area contributed by atoms with Crippen molar-refractivity contribution in [1.29, 1.82) is 0 Å². The van der Waals surface area contributed by atoms with E-state index in [0.29, 0.717) is 42.0 Å². The van der Waals surface area contributed by atoms with Gasteiger partial charge in [0.2, 0.25) is 0 Å². The molecular formula is C21H22N4O4. The second-order valence-electron chi connectivity index (χ2n) is 7.05. The Labute approximate surface area is 167 Å². The third kappa shape index (κ3) is 3.87. The molecule has 0 radical (unpaired) electrons. The van der Waals surface area contributed by atoms with E-state index in [2.05, 4.69) is 26.3 Å². The lowest BCUT2D eigenvalue weighted by Crippen LogP contribution is -2.27. The van der Waals surface area contributed by atoms with Crippen LogP contribution in [-0.4, -0.2) is 41.4 Å². The highest BCUT2D eigenvalue weighted by molar-refractivity contribution is 5.79. The zero-order chi connectivity index (χ0) is 20.4. The van der Waals surface area contributed by atoms with E-state index in [0.717, 1.165) is 12.2 Å². The Morgan fingerprint density at radius 3 is 2.97 bits per heavy atom. The van der Waals surface area contributed by atoms with Gasteiger partial charge < -0.3 is 25.0 Å². The minimum Gasteiger partial charge on any atom is -0.497 e. The van der Waals surface area contributed by atoms with E-state index in [9.17, 15) is 9.59 Å². The third-order valence-electron chi connectivity index (χ3n) is 5.23. The summed E-state index contributed by atoms with van der Waals surface area (Å²) in [6, 6.07) is 13.3. The lowest BCUT2D eigenvalue weighted by atomic mass is 9.98. The molecule has 0 spiro atoms. The van der Waals surface area contributed by atoms with E-state index < -0.39 is 6.09 Å². The molecule has 2 aromatic carbocycles. The summed E-state index contributed by atoms with van der Waals surface area (Å²) in [4.78, 5) is 32.9. The van der Waals surface area contributed by atoms with Crippen LogP contribution < -0.4 is 20.5 Å². The van der Waals surface area contributed by atoms with Crippen LogP contribution in [0, 0.1) is 0 Å². The number of ether oxygens (including phenoxy) is 1. The van der Waals surface area contributed by atoms with Gasteiger partial charge in [-0.15, -0.1) is 0 Å². The fourth-order valence-corrected chi connectivity index (χ4v) is 3.88. The van der Waals surface area contributed by atoms with E-state index in [-0.39, 0.29) is 11.5 Å². The zero-order valence-electron chi connectivity index (χ0n) is 16.0. The van der Waals surface area contributed by atoms with Crippen molar-refractivity contribution in [2.45, 2.75) is 18.9 Å². The van der Waals surface area contributed by atoms with Crippen molar-refractivity contribution in [3.05, 3.63) is 64.2 Å². The predicted molar refractivity (Wildman–Crippen MR) is 110 cm³/mol. The van der Waals surface area contributed by atoms with E-state index in [1.54, 1.807) is 25.3 Å². The quantitative estimate of drug-likeness (QED) is 0.593. The molecule has 2 heterocycles. The number of aromatic nitrogens is 2. The first kappa shape index (κ1) is 18.8. The fourth-order valence-electron chi connectivity index (χ4n) is 3.88. The molecule has 3 aromatic rings. The topological polar surface area (TPSA) is 108 Å². The van der Waals surface area contributed by atoms with Crippen LogP contribution >= 0.6 is 0 Å². The van der Waals surface area contributed by atoms with E-state index in [1.807, 2.05) is 18.2 Å². The fraction of sp³-hybridized carbons (Fsp3) is 0.286. The molecule has 1 amide bonds. The number of carbonyl (C=O) groups is 1. The number of rotatable bonds is 6. The second-order valence-corrected chi connectivity index (χ2v) is 7.05. The first-order chi connectivity index (χ1) is 14.0. The molecule has 8 nitrogen and oxygen atoms in total. The maximum Gasteiger partial charge on any atom is 0.404 e. The Bertz CT molecular complexity index is 1110. The summed E-state index contributed by atoms with van der Waals surface area (Å²) in [7, 11) is 1.56. The molecule has 29 heavy (non-hydrogen) atoms. The van der Waals surface area contributed by atoms with Crippen LogP contribution in [0.2, 0.25) is 0 Å². The summed E-state index contributed by atoms with van der Waals surface area (Å²) in [5.41, 5.74) is 2.70. The van der Waals surface area contributed by atoms with Gasteiger partial charge in [-0.25, -0.2) is 9.78 Å². The number of benzene rings is 2. The summed E-state index contributed by atoms with van der Waals surface area (Å²) in [6.07, 6.45) is -0.302. The number of fused-ring (bicyclic) bond motifs is 2. The summed E-state index contributed by atoms with van der Waals surface area (Å²) < 4.78 is 5.18. The molecule has 1 aliphatic rings. The predicted octanol–water partition coefficient (Wildman–Crippen LogP) is 2.69. The first-order valence-electron chi connectivity index (χ1n) is 9.43. The molecule has 4 rings (SSSR count). The van der Waals surface area contributed by atoms with Crippen LogP contribution in [0.4, 0.5) is 10.5 Å². The summed E-state index contributed by atoms with van der Waals surface area (Å²) in [6.45, 7) is 1.61. The van der Waals surface area contributed by atoms with Gasteiger partial charge in [-0.1, -0.05) is 18.2 Å². The molecule has 0 aliphatic carbocycles. The number of aromatic amines is 1. The maximum atomic E-state index is 12.5. The molecule has 0 saturated heterocycles. The number of amides is 1. The molecule has 150 valence electrons. The van der Waals surface area contributed by atoms with Crippen molar-refractivity contribution in [2.75, 3.05) is 25.1 Å². The number of hydrogen-bond acceptors (Lipinski definition) is 5. The van der Waals surface area contributed by atoms with Gasteiger partial charge in [0, 0.05) is 24.7 Å². The first-order valence-corrected chi connectivity index (χ1v) is 9.43. The Kier molecular flexibility index (Phi) is 5.07. The lowest BCUT2D eigenvalue weighted by molar-refractivity contribution is 0.194. The van der Waals surface area contributed by atoms with Crippen LogP contribution in [0.1, 0.15) is 23.7 Å².